The lowest BCUT2D eigenvalue weighted by molar-refractivity contribution is 0.111. The van der Waals surface area contributed by atoms with Gasteiger partial charge in [-0.25, -0.2) is 13.2 Å². The number of halogens is 3. The second-order valence-electron chi connectivity index (χ2n) is 6.98. The predicted molar refractivity (Wildman–Crippen MR) is 137 cm³/mol. The van der Waals surface area contributed by atoms with Crippen LogP contribution in [0.2, 0.25) is 0 Å². The van der Waals surface area contributed by atoms with Crippen molar-refractivity contribution < 1.29 is 22.8 Å². The molecule has 0 bridgehead atoms. The van der Waals surface area contributed by atoms with Gasteiger partial charge in [-0.3, -0.25) is 9.59 Å². The van der Waals surface area contributed by atoms with Gasteiger partial charge in [-0.2, -0.15) is 10.5 Å². The van der Waals surface area contributed by atoms with E-state index in [1.54, 1.807) is 48.5 Å². The van der Waals surface area contributed by atoms with Crippen molar-refractivity contribution >= 4 is 37.0 Å². The lowest BCUT2D eigenvalue weighted by Crippen LogP contribution is -1.87. The summed E-state index contributed by atoms with van der Waals surface area (Å²) >= 11 is 5.32. The van der Waals surface area contributed by atoms with Gasteiger partial charge in [0.1, 0.15) is 17.5 Å². The first-order valence-electron chi connectivity index (χ1n) is 10.3. The summed E-state index contributed by atoms with van der Waals surface area (Å²) in [6.07, 6.45) is 1.10. The average molecular weight is 535 g/mol. The van der Waals surface area contributed by atoms with Gasteiger partial charge in [-0.05, 0) is 84.9 Å². The van der Waals surface area contributed by atoms with Crippen LogP contribution in [0, 0.1) is 40.1 Å². The highest BCUT2D eigenvalue weighted by atomic mass is 32.2. The van der Waals surface area contributed by atoms with E-state index in [0.29, 0.717) is 23.7 Å². The molecule has 0 N–H and O–H groups in total. The second-order valence-corrected chi connectivity index (χ2v) is 8.61. The Bertz CT molecular complexity index is 1430. The van der Waals surface area contributed by atoms with Crippen LogP contribution < -0.4 is 0 Å². The normalized spacial score (nSPS) is 9.35. The molecule has 9 heteroatoms. The fraction of sp³-hybridized carbons (Fsp3) is 0. The third-order valence-corrected chi connectivity index (χ3v) is 5.78. The molecule has 0 radical (unpaired) electrons. The molecule has 0 aromatic heterocycles. The van der Waals surface area contributed by atoms with Crippen molar-refractivity contribution in [2.45, 2.75) is 14.7 Å². The van der Waals surface area contributed by atoms with Gasteiger partial charge in [0, 0.05) is 20.2 Å². The van der Waals surface area contributed by atoms with E-state index in [9.17, 15) is 22.8 Å². The van der Waals surface area contributed by atoms with E-state index in [2.05, 4.69) is 12.6 Å². The molecule has 4 aromatic rings. The number of hydrogen-bond acceptors (Lipinski definition) is 6. The fourth-order valence-electron chi connectivity index (χ4n) is 2.58. The first-order valence-corrected chi connectivity index (χ1v) is 11.6. The molecular weight excluding hydrogens is 517 g/mol. The van der Waals surface area contributed by atoms with E-state index < -0.39 is 5.82 Å². The van der Waals surface area contributed by atoms with Crippen molar-refractivity contribution in [3.05, 3.63) is 125 Å². The van der Waals surface area contributed by atoms with Gasteiger partial charge in [0.2, 0.25) is 0 Å². The quantitative estimate of drug-likeness (QED) is 0.220. The molecule has 0 saturated heterocycles. The van der Waals surface area contributed by atoms with E-state index in [-0.39, 0.29) is 22.8 Å². The van der Waals surface area contributed by atoms with Crippen LogP contribution in [-0.4, -0.2) is 12.6 Å². The van der Waals surface area contributed by atoms with Gasteiger partial charge < -0.3 is 0 Å². The summed E-state index contributed by atoms with van der Waals surface area (Å²) in [7, 11) is 0. The zero-order valence-corrected chi connectivity index (χ0v) is 20.6. The third-order valence-electron chi connectivity index (χ3n) is 4.39. The largest absolute Gasteiger partial charge is 0.298 e. The molecule has 0 aliphatic heterocycles. The molecule has 0 spiro atoms. The smallest absolute Gasteiger partial charge is 0.153 e. The van der Waals surface area contributed by atoms with Crippen molar-refractivity contribution in [3.63, 3.8) is 0 Å². The Balaban J connectivity index is 0.000000215. The van der Waals surface area contributed by atoms with Crippen LogP contribution >= 0.6 is 24.4 Å². The van der Waals surface area contributed by atoms with Gasteiger partial charge in [-0.1, -0.05) is 11.8 Å². The Hall–Kier alpha value is -4.31. The summed E-state index contributed by atoms with van der Waals surface area (Å²) in [5, 5.41) is 17.1. The lowest BCUT2D eigenvalue weighted by Gasteiger charge is -2.04. The average Bonchev–Trinajstić information content (AvgIpc) is 2.93. The highest BCUT2D eigenvalue weighted by molar-refractivity contribution is 7.99. The maximum Gasteiger partial charge on any atom is 0.153 e. The SMILES string of the molecule is Fc1ccc(S)cc1.N#Cc1ccc(F)c(C=O)c1.N#Cc1ccc(Sc2ccc(F)cc2)c(C=O)c1. The topological polar surface area (TPSA) is 81.7 Å². The van der Waals surface area contributed by atoms with Crippen LogP contribution in [0.1, 0.15) is 31.8 Å². The summed E-state index contributed by atoms with van der Waals surface area (Å²) in [6, 6.07) is 24.3. The minimum absolute atomic E-state index is 0.0796. The van der Waals surface area contributed by atoms with Crippen molar-refractivity contribution in [1.82, 2.24) is 0 Å². The van der Waals surface area contributed by atoms with E-state index in [0.717, 1.165) is 20.8 Å². The number of nitrogens with zero attached hydrogens (tertiary/aromatic N) is 2. The highest BCUT2D eigenvalue weighted by Gasteiger charge is 2.05. The zero-order valence-electron chi connectivity index (χ0n) is 18.9. The predicted octanol–water partition coefficient (Wildman–Crippen LogP) is 7.29. The Morgan fingerprint density at radius 2 is 1.16 bits per heavy atom. The number of nitriles is 2. The Labute approximate surface area is 221 Å². The number of hydrogen-bond donors (Lipinski definition) is 1. The molecule has 0 heterocycles. The summed E-state index contributed by atoms with van der Waals surface area (Å²) < 4.78 is 37.4. The van der Waals surface area contributed by atoms with E-state index in [1.165, 1.54) is 48.2 Å². The van der Waals surface area contributed by atoms with Crippen LogP contribution in [0.25, 0.3) is 0 Å². The highest BCUT2D eigenvalue weighted by Crippen LogP contribution is 2.30. The first kappa shape index (κ1) is 28.9. The number of aldehydes is 2. The molecule has 0 amide bonds. The molecule has 0 saturated carbocycles. The Morgan fingerprint density at radius 3 is 1.65 bits per heavy atom. The molecule has 4 aromatic carbocycles. The molecule has 0 fully saturated rings. The monoisotopic (exact) mass is 534 g/mol. The van der Waals surface area contributed by atoms with Crippen LogP contribution in [0.3, 0.4) is 0 Å². The second kappa shape index (κ2) is 14.9. The minimum Gasteiger partial charge on any atom is -0.298 e. The van der Waals surface area contributed by atoms with Gasteiger partial charge >= 0.3 is 0 Å². The number of thiol groups is 1. The first-order chi connectivity index (χ1) is 17.8. The summed E-state index contributed by atoms with van der Waals surface area (Å²) in [5.74, 6) is -1.11. The molecule has 184 valence electrons. The molecule has 0 unspecified atom stereocenters. The van der Waals surface area contributed by atoms with E-state index in [1.807, 2.05) is 6.07 Å². The van der Waals surface area contributed by atoms with Gasteiger partial charge in [0.15, 0.2) is 12.6 Å². The standard InChI is InChI=1S/C14H8FNOS.C8H4FNO.C6H5FS/c15-12-2-4-13(5-3-12)18-14-6-1-10(8-16)7-11(14)9-17;9-8-2-1-6(4-10)3-7(8)5-11;7-5-1-3-6(8)4-2-5/h1-7,9H;1-3,5H;1-4,8H. The summed E-state index contributed by atoms with van der Waals surface area (Å²) in [6.45, 7) is 0. The maximum absolute atomic E-state index is 12.8. The molecular formula is C28H17F3N2O2S2. The Kier molecular flexibility index (Phi) is 11.7. The van der Waals surface area contributed by atoms with Gasteiger partial charge in [-0.15, -0.1) is 12.6 Å². The number of carbonyl (C=O) groups is 2. The van der Waals surface area contributed by atoms with Crippen LogP contribution in [0.15, 0.2) is 99.6 Å². The molecule has 4 nitrogen and oxygen atoms in total. The van der Waals surface area contributed by atoms with Gasteiger partial charge in [0.25, 0.3) is 0 Å². The lowest BCUT2D eigenvalue weighted by atomic mass is 10.1. The summed E-state index contributed by atoms with van der Waals surface area (Å²) in [4.78, 5) is 23.5. The van der Waals surface area contributed by atoms with Crippen LogP contribution in [0.5, 0.6) is 0 Å². The molecule has 0 aliphatic rings. The minimum atomic E-state index is -0.598. The van der Waals surface area contributed by atoms with Crippen molar-refractivity contribution in [2.75, 3.05) is 0 Å². The number of rotatable bonds is 4. The maximum atomic E-state index is 12.8. The number of benzene rings is 4. The zero-order chi connectivity index (χ0) is 27.2. The number of carbonyl (C=O) groups excluding carboxylic acids is 2. The third kappa shape index (κ3) is 9.69. The van der Waals surface area contributed by atoms with Crippen LogP contribution in [0.4, 0.5) is 13.2 Å². The van der Waals surface area contributed by atoms with E-state index in [4.69, 9.17) is 10.5 Å². The molecule has 4 rings (SSSR count). The molecule has 0 atom stereocenters. The van der Waals surface area contributed by atoms with E-state index >= 15 is 0 Å². The van der Waals surface area contributed by atoms with Crippen molar-refractivity contribution in [3.8, 4) is 12.1 Å². The van der Waals surface area contributed by atoms with Crippen molar-refractivity contribution in [2.24, 2.45) is 0 Å². The molecule has 37 heavy (non-hydrogen) atoms. The Morgan fingerprint density at radius 1 is 0.676 bits per heavy atom. The van der Waals surface area contributed by atoms with Crippen LogP contribution in [-0.2, 0) is 0 Å². The molecule has 0 aliphatic carbocycles. The fourth-order valence-corrected chi connectivity index (χ4v) is 3.61. The van der Waals surface area contributed by atoms with Crippen molar-refractivity contribution in [1.29, 1.82) is 10.5 Å². The summed E-state index contributed by atoms with van der Waals surface area (Å²) in [5.41, 5.74) is 1.11. The van der Waals surface area contributed by atoms with Gasteiger partial charge in [0.05, 0.1) is 28.8 Å².